The maximum absolute atomic E-state index is 5.19. The standard InChI is InChI=1S/C11H14N2O/c1-12-6-8-7-13-11-4-3-9(14-2)5-10(8)11/h3-5,7,12-13H,6H2,1-2H3. The molecule has 0 aliphatic heterocycles. The Kier molecular flexibility index (Phi) is 2.41. The van der Waals surface area contributed by atoms with Gasteiger partial charge < -0.3 is 15.0 Å². The molecule has 0 unspecified atom stereocenters. The molecule has 0 spiro atoms. The summed E-state index contributed by atoms with van der Waals surface area (Å²) < 4.78 is 5.19. The van der Waals surface area contributed by atoms with Crippen LogP contribution in [0.4, 0.5) is 0 Å². The summed E-state index contributed by atoms with van der Waals surface area (Å²) in [5.41, 5.74) is 2.41. The van der Waals surface area contributed by atoms with Gasteiger partial charge in [-0.1, -0.05) is 0 Å². The van der Waals surface area contributed by atoms with Gasteiger partial charge in [-0.3, -0.25) is 0 Å². The van der Waals surface area contributed by atoms with E-state index < -0.39 is 0 Å². The van der Waals surface area contributed by atoms with Crippen molar-refractivity contribution in [3.8, 4) is 5.75 Å². The second kappa shape index (κ2) is 3.72. The highest BCUT2D eigenvalue weighted by atomic mass is 16.5. The van der Waals surface area contributed by atoms with Gasteiger partial charge in [-0.2, -0.15) is 0 Å². The van der Waals surface area contributed by atoms with Crippen LogP contribution in [0.5, 0.6) is 5.75 Å². The van der Waals surface area contributed by atoms with Gasteiger partial charge in [-0.05, 0) is 30.8 Å². The first-order chi connectivity index (χ1) is 6.85. The summed E-state index contributed by atoms with van der Waals surface area (Å²) >= 11 is 0. The molecule has 74 valence electrons. The topological polar surface area (TPSA) is 37.0 Å². The number of fused-ring (bicyclic) bond motifs is 1. The quantitative estimate of drug-likeness (QED) is 0.775. The molecule has 0 saturated carbocycles. The first kappa shape index (κ1) is 9.09. The number of hydrogen-bond donors (Lipinski definition) is 2. The molecule has 14 heavy (non-hydrogen) atoms. The number of rotatable bonds is 3. The Morgan fingerprint density at radius 1 is 1.43 bits per heavy atom. The molecule has 0 bridgehead atoms. The average Bonchev–Trinajstić information content (AvgIpc) is 2.61. The van der Waals surface area contributed by atoms with Crippen LogP contribution in [0.2, 0.25) is 0 Å². The predicted octanol–water partition coefficient (Wildman–Crippen LogP) is 1.90. The number of hydrogen-bond acceptors (Lipinski definition) is 2. The van der Waals surface area contributed by atoms with Gasteiger partial charge in [0.1, 0.15) is 5.75 Å². The number of aromatic nitrogens is 1. The Morgan fingerprint density at radius 3 is 3.00 bits per heavy atom. The van der Waals surface area contributed by atoms with E-state index in [1.807, 2.05) is 25.4 Å². The first-order valence-electron chi connectivity index (χ1n) is 4.63. The summed E-state index contributed by atoms with van der Waals surface area (Å²) in [5.74, 6) is 0.898. The molecule has 0 aliphatic carbocycles. The summed E-state index contributed by atoms with van der Waals surface area (Å²) in [7, 11) is 3.63. The average molecular weight is 190 g/mol. The van der Waals surface area contributed by atoms with Crippen LogP contribution < -0.4 is 10.1 Å². The Morgan fingerprint density at radius 2 is 2.29 bits per heavy atom. The third-order valence-corrected chi connectivity index (χ3v) is 2.34. The van der Waals surface area contributed by atoms with Gasteiger partial charge >= 0.3 is 0 Å². The van der Waals surface area contributed by atoms with Crippen LogP contribution in [-0.4, -0.2) is 19.1 Å². The Balaban J connectivity index is 2.52. The minimum atomic E-state index is 0.868. The molecular formula is C11H14N2O. The molecule has 2 aromatic rings. The van der Waals surface area contributed by atoms with E-state index in [1.165, 1.54) is 10.9 Å². The third kappa shape index (κ3) is 1.46. The van der Waals surface area contributed by atoms with E-state index in [9.17, 15) is 0 Å². The SMILES string of the molecule is CNCc1c[nH]c2ccc(OC)cc12. The fourth-order valence-corrected chi connectivity index (χ4v) is 1.62. The fraction of sp³-hybridized carbons (Fsp3) is 0.273. The van der Waals surface area contributed by atoms with Gasteiger partial charge in [0.25, 0.3) is 0 Å². The highest BCUT2D eigenvalue weighted by Gasteiger charge is 2.03. The molecule has 3 heteroatoms. The van der Waals surface area contributed by atoms with E-state index in [-0.39, 0.29) is 0 Å². The molecule has 3 nitrogen and oxygen atoms in total. The summed E-state index contributed by atoms with van der Waals surface area (Å²) in [4.78, 5) is 3.23. The van der Waals surface area contributed by atoms with Gasteiger partial charge in [0.05, 0.1) is 7.11 Å². The zero-order chi connectivity index (χ0) is 9.97. The lowest BCUT2D eigenvalue weighted by Gasteiger charge is -2.01. The van der Waals surface area contributed by atoms with Crippen LogP contribution in [-0.2, 0) is 6.54 Å². The van der Waals surface area contributed by atoms with E-state index in [1.54, 1.807) is 7.11 Å². The number of methoxy groups -OCH3 is 1. The number of ether oxygens (including phenoxy) is 1. The highest BCUT2D eigenvalue weighted by molar-refractivity contribution is 5.84. The van der Waals surface area contributed by atoms with Gasteiger partial charge in [0, 0.05) is 23.6 Å². The normalized spacial score (nSPS) is 10.7. The zero-order valence-electron chi connectivity index (χ0n) is 8.42. The monoisotopic (exact) mass is 190 g/mol. The summed E-state index contributed by atoms with van der Waals surface area (Å²) in [5, 5.41) is 4.36. The van der Waals surface area contributed by atoms with Crippen molar-refractivity contribution in [2.45, 2.75) is 6.54 Å². The Bertz CT molecular complexity index is 434. The van der Waals surface area contributed by atoms with Crippen molar-refractivity contribution in [1.29, 1.82) is 0 Å². The van der Waals surface area contributed by atoms with Crippen LogP contribution in [0.25, 0.3) is 10.9 Å². The van der Waals surface area contributed by atoms with Crippen molar-refractivity contribution in [1.82, 2.24) is 10.3 Å². The molecule has 1 aromatic heterocycles. The van der Waals surface area contributed by atoms with Crippen molar-refractivity contribution in [3.05, 3.63) is 30.0 Å². The van der Waals surface area contributed by atoms with Gasteiger partial charge in [0.15, 0.2) is 0 Å². The minimum absolute atomic E-state index is 0.868. The number of nitrogens with one attached hydrogen (secondary N) is 2. The van der Waals surface area contributed by atoms with E-state index in [0.717, 1.165) is 17.8 Å². The van der Waals surface area contributed by atoms with E-state index in [0.29, 0.717) is 0 Å². The minimum Gasteiger partial charge on any atom is -0.497 e. The summed E-state index contributed by atoms with van der Waals surface area (Å²) in [6, 6.07) is 6.05. The van der Waals surface area contributed by atoms with Crippen molar-refractivity contribution < 1.29 is 4.74 Å². The zero-order valence-corrected chi connectivity index (χ0v) is 8.42. The Hall–Kier alpha value is -1.48. The van der Waals surface area contributed by atoms with Crippen molar-refractivity contribution in [3.63, 3.8) is 0 Å². The summed E-state index contributed by atoms with van der Waals surface area (Å²) in [6.07, 6.45) is 2.03. The van der Waals surface area contributed by atoms with Crippen molar-refractivity contribution in [2.75, 3.05) is 14.2 Å². The molecule has 2 N–H and O–H groups in total. The highest BCUT2D eigenvalue weighted by Crippen LogP contribution is 2.23. The number of H-pyrrole nitrogens is 1. The molecule has 0 amide bonds. The van der Waals surface area contributed by atoms with Crippen LogP contribution in [0.3, 0.4) is 0 Å². The number of benzene rings is 1. The lowest BCUT2D eigenvalue weighted by molar-refractivity contribution is 0.415. The third-order valence-electron chi connectivity index (χ3n) is 2.34. The second-order valence-electron chi connectivity index (χ2n) is 3.26. The van der Waals surface area contributed by atoms with Crippen LogP contribution in [0.1, 0.15) is 5.56 Å². The lowest BCUT2D eigenvalue weighted by Crippen LogP contribution is -2.03. The lowest BCUT2D eigenvalue weighted by atomic mass is 10.1. The number of aromatic amines is 1. The van der Waals surface area contributed by atoms with Crippen molar-refractivity contribution in [2.24, 2.45) is 0 Å². The fourth-order valence-electron chi connectivity index (χ4n) is 1.62. The van der Waals surface area contributed by atoms with Gasteiger partial charge in [-0.25, -0.2) is 0 Å². The van der Waals surface area contributed by atoms with Gasteiger partial charge in [-0.15, -0.1) is 0 Å². The second-order valence-corrected chi connectivity index (χ2v) is 3.26. The summed E-state index contributed by atoms with van der Waals surface area (Å²) in [6.45, 7) is 0.868. The maximum atomic E-state index is 5.19. The molecule has 1 aromatic carbocycles. The van der Waals surface area contributed by atoms with E-state index >= 15 is 0 Å². The van der Waals surface area contributed by atoms with Gasteiger partial charge in [0.2, 0.25) is 0 Å². The molecule has 1 heterocycles. The molecule has 2 rings (SSSR count). The van der Waals surface area contributed by atoms with Crippen molar-refractivity contribution >= 4 is 10.9 Å². The van der Waals surface area contributed by atoms with E-state index in [2.05, 4.69) is 16.4 Å². The van der Waals surface area contributed by atoms with Crippen LogP contribution in [0, 0.1) is 0 Å². The first-order valence-corrected chi connectivity index (χ1v) is 4.63. The molecule has 0 atom stereocenters. The molecule has 0 aliphatic rings. The molecule has 0 fully saturated rings. The van der Waals surface area contributed by atoms with Crippen LogP contribution in [0.15, 0.2) is 24.4 Å². The predicted molar refractivity (Wildman–Crippen MR) is 57.6 cm³/mol. The molecule has 0 radical (unpaired) electrons. The Labute approximate surface area is 83.1 Å². The molecular weight excluding hydrogens is 176 g/mol. The maximum Gasteiger partial charge on any atom is 0.119 e. The molecule has 0 saturated heterocycles. The largest absolute Gasteiger partial charge is 0.497 e. The van der Waals surface area contributed by atoms with Crippen LogP contribution >= 0.6 is 0 Å². The smallest absolute Gasteiger partial charge is 0.119 e. The van der Waals surface area contributed by atoms with E-state index in [4.69, 9.17) is 4.74 Å².